The van der Waals surface area contributed by atoms with E-state index in [4.69, 9.17) is 0 Å². The van der Waals surface area contributed by atoms with Gasteiger partial charge in [0.2, 0.25) is 65.0 Å². The largest absolute Gasteiger partial charge is 0.481 e. The molecule has 2 bridgehead atoms. The lowest BCUT2D eigenvalue weighted by Gasteiger charge is -2.29. The van der Waals surface area contributed by atoms with Crippen LogP contribution in [0.25, 0.3) is 21.8 Å². The second-order valence-electron chi connectivity index (χ2n) is 28.4. The van der Waals surface area contributed by atoms with Crippen LogP contribution in [0.5, 0.6) is 0 Å². The molecule has 119 heavy (non-hydrogen) atoms. The first kappa shape index (κ1) is 84.5. The number of carbonyl (C=O) groups is 14. The first-order valence-corrected chi connectivity index (χ1v) is 40.4. The van der Waals surface area contributed by atoms with Crippen molar-refractivity contribution in [3.63, 3.8) is 0 Å². The molecule has 20 N–H and O–H groups in total. The van der Waals surface area contributed by atoms with Crippen LogP contribution in [0.15, 0.2) is 172 Å². The zero-order valence-electron chi connectivity index (χ0n) is 63.5. The van der Waals surface area contributed by atoms with E-state index < -0.39 is 199 Å². The fourth-order valence-corrected chi connectivity index (χ4v) is 16.0. The molecule has 2 saturated heterocycles. The summed E-state index contributed by atoms with van der Waals surface area (Å²) in [6, 6.07) is 11.6. The molecule has 40 heteroatoms. The minimum Gasteiger partial charge on any atom is -0.481 e. The Balaban J connectivity index is 1.00. The number of amides is 12. The Hall–Kier alpha value is -13.9. The van der Waals surface area contributed by atoms with E-state index in [1.54, 1.807) is 122 Å². The molecule has 0 radical (unpaired) electrons. The predicted octanol–water partition coefficient (Wildman–Crippen LogP) is -0.304. The van der Waals surface area contributed by atoms with Crippen LogP contribution in [0, 0.1) is 0 Å². The molecular weight excluding hydrogens is 1580 g/mol. The predicted molar refractivity (Wildman–Crippen MR) is 430 cm³/mol. The van der Waals surface area contributed by atoms with Gasteiger partial charge in [-0.3, -0.25) is 67.1 Å². The minimum atomic E-state index is -2.01. The van der Waals surface area contributed by atoms with Crippen molar-refractivity contribution in [1.29, 1.82) is 0 Å². The van der Waals surface area contributed by atoms with Crippen molar-refractivity contribution >= 4 is 126 Å². The Morgan fingerprint density at radius 1 is 0.319 bits per heavy atom. The van der Waals surface area contributed by atoms with Gasteiger partial charge in [0.25, 0.3) is 5.91 Å². The molecule has 1 unspecified atom stereocenters. The fraction of sp³-hybridized carbons (Fsp3) is 0.316. The van der Waals surface area contributed by atoms with Crippen LogP contribution in [0.2, 0.25) is 0 Å². The third-order valence-electron chi connectivity index (χ3n) is 19.8. The van der Waals surface area contributed by atoms with Crippen molar-refractivity contribution in [2.75, 3.05) is 5.75 Å². The van der Waals surface area contributed by atoms with Gasteiger partial charge in [0.05, 0.1) is 48.1 Å². The highest BCUT2D eigenvalue weighted by Gasteiger charge is 2.41. The normalized spacial score (nSPS) is 22.9. The number of imidazole rings is 4. The van der Waals surface area contributed by atoms with Crippen molar-refractivity contribution in [3.8, 4) is 0 Å². The number of carboxylic acids is 2. The summed E-state index contributed by atoms with van der Waals surface area (Å²) >= 11 is 0. The van der Waals surface area contributed by atoms with Crippen molar-refractivity contribution in [3.05, 3.63) is 217 Å². The van der Waals surface area contributed by atoms with Crippen LogP contribution in [-0.4, -0.2) is 220 Å². The number of fused-ring (bicyclic) bond motifs is 6. The first-order chi connectivity index (χ1) is 57.5. The molecular formula is C79H86N22O16S2. The van der Waals surface area contributed by atoms with Gasteiger partial charge in [-0.1, -0.05) is 119 Å². The zero-order chi connectivity index (χ0) is 83.9. The Kier molecular flexibility index (Phi) is 28.8. The first-order valence-electron chi connectivity index (χ1n) is 38.0. The number of para-hydroxylation sites is 2. The summed E-state index contributed by atoms with van der Waals surface area (Å²) in [5.41, 5.74) is 3.94. The number of nitrogens with one attached hydrogen (secondary N) is 18. The quantitative estimate of drug-likeness (QED) is 0.0387. The molecule has 620 valence electrons. The van der Waals surface area contributed by atoms with E-state index >= 15 is 57.5 Å². The molecule has 8 heterocycles. The maximum absolute atomic E-state index is 15.8. The number of aliphatic carboxylic acids is 2. The summed E-state index contributed by atoms with van der Waals surface area (Å²) in [5, 5.41) is 51.8. The molecule has 0 spiro atoms. The summed E-state index contributed by atoms with van der Waals surface area (Å²) in [6.07, 6.45) is 8.41. The molecule has 4 aromatic carbocycles. The molecule has 2 aliphatic heterocycles. The third kappa shape index (κ3) is 23.7. The van der Waals surface area contributed by atoms with E-state index in [0.29, 0.717) is 65.6 Å². The fourth-order valence-electron chi connectivity index (χ4n) is 13.6. The van der Waals surface area contributed by atoms with Gasteiger partial charge in [-0.05, 0) is 47.2 Å². The van der Waals surface area contributed by atoms with E-state index in [9.17, 15) is 19.8 Å². The molecule has 12 rings (SSSR count). The van der Waals surface area contributed by atoms with Crippen LogP contribution in [0.4, 0.5) is 0 Å². The number of H-pyrrole nitrogens is 6. The Morgan fingerprint density at radius 2 is 0.613 bits per heavy atom. The Bertz CT molecular complexity index is 4910. The van der Waals surface area contributed by atoms with Crippen LogP contribution >= 0.6 is 21.6 Å². The Morgan fingerprint density at radius 3 is 0.958 bits per heavy atom. The maximum Gasteiger partial charge on any atom is 0.303 e. The number of hydrogen-bond acceptors (Lipinski definition) is 20. The van der Waals surface area contributed by atoms with Gasteiger partial charge in [0, 0.05) is 129 Å². The summed E-state index contributed by atoms with van der Waals surface area (Å²) in [6.45, 7) is 0. The zero-order valence-corrected chi connectivity index (χ0v) is 65.1. The highest BCUT2D eigenvalue weighted by Crippen LogP contribution is 2.29. The monoisotopic (exact) mass is 1660 g/mol. The van der Waals surface area contributed by atoms with Crippen molar-refractivity contribution in [2.45, 2.75) is 149 Å². The van der Waals surface area contributed by atoms with E-state index in [1.165, 1.54) is 50.1 Å². The molecule has 38 nitrogen and oxygen atoms in total. The number of hydrogen-bond donors (Lipinski definition) is 20. The van der Waals surface area contributed by atoms with E-state index in [-0.39, 0.29) is 61.3 Å². The standard InChI is InChI=1S/C79H86N22O16S2/c102-65(103)21-19-54-67(106)96-60(27-46-33-80-38-86-46)72(111)92-57(24-43-13-5-2-6-14-43)70(109)99-63(30-49-36-83-41-89-49)75(114)95-59(26-45-32-85-53-18-10-8-16-51(45)53)76(115)101-79-78(117)91-55(20-22-66(104)105)68(107)97-61(28-47-34-81-39-87-47)73(112)93-56(23-42-11-3-1-4-12-42)69(108)98-62(29-48-35-82-40-88-48)74(113)94-58(25-44-31-84-52-17-9-7-15-50(44)52)71(110)100-64(37-118-119-79)77(116)90-54/h1-18,31-36,38-41,54-64,79,84-85H,19-30,37H2,(H,80,86)(H,81,87)(H,82,88)(H,83,89)(H,90,116)(H,91,117)(H,92,111)(H,93,112)(H,94,113)(H,95,114)(H,96,106)(H,97,107)(H,98,108)(H,99,109)(H,100,110)(H,101,115)(H,102,103)(H,104,105)/t54-,55-,56+,57+,58?,59-,60-,61-,62-,63-,64-,79-/m0/s1. The highest BCUT2D eigenvalue weighted by atomic mass is 33.1. The van der Waals surface area contributed by atoms with Crippen LogP contribution in [0.3, 0.4) is 0 Å². The van der Waals surface area contributed by atoms with Crippen molar-refractivity contribution < 1.29 is 77.3 Å². The van der Waals surface area contributed by atoms with Crippen molar-refractivity contribution in [2.24, 2.45) is 0 Å². The lowest BCUT2D eigenvalue weighted by molar-refractivity contribution is -0.139. The highest BCUT2D eigenvalue weighted by molar-refractivity contribution is 8.77. The van der Waals surface area contributed by atoms with E-state index in [1.807, 2.05) is 0 Å². The van der Waals surface area contributed by atoms with Crippen molar-refractivity contribution in [1.82, 2.24) is 114 Å². The topological polar surface area (TPSA) is 570 Å². The molecule has 12 atom stereocenters. The van der Waals surface area contributed by atoms with Gasteiger partial charge < -0.3 is 104 Å². The minimum absolute atomic E-state index is 0.195. The second-order valence-corrected chi connectivity index (χ2v) is 30.9. The summed E-state index contributed by atoms with van der Waals surface area (Å²) < 4.78 is 0. The van der Waals surface area contributed by atoms with Crippen LogP contribution in [-0.2, 0) is 118 Å². The van der Waals surface area contributed by atoms with Gasteiger partial charge in [-0.2, -0.15) is 0 Å². The number of carbonyl (C=O) groups excluding carboxylic acids is 12. The molecule has 0 saturated carbocycles. The number of carboxylic acid groups (broad SMARTS) is 2. The average molecular weight is 1660 g/mol. The lowest BCUT2D eigenvalue weighted by atomic mass is 10.0. The number of nitrogens with zero attached hydrogens (tertiary/aromatic N) is 4. The second kappa shape index (κ2) is 40.6. The molecule has 0 aliphatic carbocycles. The van der Waals surface area contributed by atoms with Gasteiger partial charge in [0.15, 0.2) is 5.37 Å². The molecule has 12 amide bonds. The van der Waals surface area contributed by atoms with Gasteiger partial charge >= 0.3 is 11.9 Å². The summed E-state index contributed by atoms with van der Waals surface area (Å²) in [4.78, 5) is 245. The maximum atomic E-state index is 15.8. The van der Waals surface area contributed by atoms with Gasteiger partial charge in [0.1, 0.15) is 66.5 Å². The lowest BCUT2D eigenvalue weighted by Crippen LogP contribution is -2.62. The van der Waals surface area contributed by atoms with Gasteiger partial charge in [-0.15, -0.1) is 0 Å². The molecule has 2 aliphatic rings. The summed E-state index contributed by atoms with van der Waals surface area (Å²) in [5.74, 6) is -16.6. The smallest absolute Gasteiger partial charge is 0.303 e. The number of benzene rings is 4. The number of aromatic nitrogens is 10. The van der Waals surface area contributed by atoms with Crippen LogP contribution < -0.4 is 63.8 Å². The van der Waals surface area contributed by atoms with E-state index in [2.05, 4.69) is 114 Å². The number of aromatic amines is 6. The SMILES string of the molecule is O=C(O)CC[C@@H]1NC(=O)[C@@H]2CSS[C@H](NC(=O)[C@H](Cc3c[nH]c4ccccc34)NC(=O)[C@H](Cc3c[nH]cn3)NC(=O)[C@@H](Cc3ccccc3)NC(=O)[C@H](Cc3c[nH]cn3)NC1=O)C(=O)N[C@@H](CCC(=O)O)C(=O)N[C@@H](Cc1c[nH]cn1)C(=O)N[C@H](Cc1ccccc1)C(=O)N[C@@H](Cc1c[nH]cn1)C(=O)NC(Cc1c[nH]c3ccccc13)C(=O)N2. The number of rotatable bonds is 22. The third-order valence-corrected chi connectivity index (χ3v) is 22.3. The molecule has 2 fully saturated rings. The van der Waals surface area contributed by atoms with Crippen LogP contribution in [0.1, 0.15) is 70.7 Å². The molecule has 6 aromatic heterocycles. The molecule has 10 aromatic rings. The average Bonchev–Trinajstić information content (AvgIpc) is 1.70. The Labute approximate surface area is 685 Å². The van der Waals surface area contributed by atoms with E-state index in [0.717, 1.165) is 0 Å². The van der Waals surface area contributed by atoms with Gasteiger partial charge in [-0.25, -0.2) is 19.9 Å². The summed E-state index contributed by atoms with van der Waals surface area (Å²) in [7, 11) is 1.11.